The van der Waals surface area contributed by atoms with Crippen molar-refractivity contribution >= 4 is 5.91 Å². The number of hydrogen-bond acceptors (Lipinski definition) is 4. The fraction of sp³-hybridized carbons (Fsp3) is 0.538. The molecule has 1 aliphatic heterocycles. The number of pyridine rings is 1. The third kappa shape index (κ3) is 2.98. The Hall–Kier alpha value is -1.62. The van der Waals surface area contributed by atoms with Gasteiger partial charge in [-0.1, -0.05) is 0 Å². The molecule has 18 heavy (non-hydrogen) atoms. The molecular formula is C13H18N2O3. The molecule has 2 heterocycles. The quantitative estimate of drug-likeness (QED) is 0.877. The molecule has 1 N–H and O–H groups in total. The van der Waals surface area contributed by atoms with Crippen molar-refractivity contribution in [1.29, 1.82) is 0 Å². The number of carbonyl (C=O) groups is 1. The number of amides is 1. The number of ether oxygens (including phenoxy) is 2. The Morgan fingerprint density at radius 2 is 2.44 bits per heavy atom. The van der Waals surface area contributed by atoms with E-state index in [1.165, 1.54) is 6.20 Å². The second kappa shape index (κ2) is 5.82. The summed E-state index contributed by atoms with van der Waals surface area (Å²) in [5.74, 6) is 0.367. The van der Waals surface area contributed by atoms with Gasteiger partial charge in [0.1, 0.15) is 0 Å². The molecule has 0 radical (unpaired) electrons. The smallest absolute Gasteiger partial charge is 0.253 e. The average molecular weight is 250 g/mol. The molecular weight excluding hydrogens is 232 g/mol. The van der Waals surface area contributed by atoms with E-state index in [-0.39, 0.29) is 18.1 Å². The highest BCUT2D eigenvalue weighted by molar-refractivity contribution is 5.94. The molecule has 5 heteroatoms. The van der Waals surface area contributed by atoms with Gasteiger partial charge >= 0.3 is 0 Å². The second-order valence-electron chi connectivity index (χ2n) is 4.40. The first-order valence-electron chi connectivity index (χ1n) is 6.13. The van der Waals surface area contributed by atoms with Crippen molar-refractivity contribution in [1.82, 2.24) is 10.3 Å². The molecule has 2 rings (SSSR count). The van der Waals surface area contributed by atoms with Gasteiger partial charge in [0, 0.05) is 18.9 Å². The third-order valence-corrected chi connectivity index (χ3v) is 3.09. The number of rotatable bonds is 4. The molecule has 98 valence electrons. The summed E-state index contributed by atoms with van der Waals surface area (Å²) >= 11 is 0. The van der Waals surface area contributed by atoms with Crippen molar-refractivity contribution in [3.05, 3.63) is 23.9 Å². The van der Waals surface area contributed by atoms with Crippen LogP contribution < -0.4 is 10.1 Å². The highest BCUT2D eigenvalue weighted by atomic mass is 16.5. The van der Waals surface area contributed by atoms with Crippen LogP contribution in [0.25, 0.3) is 0 Å². The van der Waals surface area contributed by atoms with Crippen molar-refractivity contribution in [2.24, 2.45) is 0 Å². The van der Waals surface area contributed by atoms with Gasteiger partial charge in [-0.15, -0.1) is 0 Å². The van der Waals surface area contributed by atoms with Gasteiger partial charge in [-0.05, 0) is 25.8 Å². The van der Waals surface area contributed by atoms with E-state index in [4.69, 9.17) is 9.47 Å². The predicted molar refractivity (Wildman–Crippen MR) is 66.7 cm³/mol. The molecule has 1 aromatic rings. The summed E-state index contributed by atoms with van der Waals surface area (Å²) in [5, 5.41) is 2.93. The Kier molecular flexibility index (Phi) is 4.15. The highest BCUT2D eigenvalue weighted by Gasteiger charge is 2.23. The summed E-state index contributed by atoms with van der Waals surface area (Å²) in [4.78, 5) is 16.0. The van der Waals surface area contributed by atoms with Gasteiger partial charge in [-0.25, -0.2) is 4.98 Å². The summed E-state index contributed by atoms with van der Waals surface area (Å²) in [5.41, 5.74) is 0.528. The lowest BCUT2D eigenvalue weighted by molar-refractivity contribution is 0.0712. The zero-order chi connectivity index (χ0) is 13.0. The fourth-order valence-electron chi connectivity index (χ4n) is 2.02. The Balaban J connectivity index is 1.93. The van der Waals surface area contributed by atoms with E-state index in [1.54, 1.807) is 19.2 Å². The zero-order valence-corrected chi connectivity index (χ0v) is 10.7. The van der Waals surface area contributed by atoms with E-state index in [0.717, 1.165) is 19.4 Å². The number of methoxy groups -OCH3 is 1. The summed E-state index contributed by atoms with van der Waals surface area (Å²) < 4.78 is 10.5. The minimum Gasteiger partial charge on any atom is -0.481 e. The van der Waals surface area contributed by atoms with Crippen LogP contribution >= 0.6 is 0 Å². The normalized spacial score (nSPS) is 20.4. The molecule has 1 aromatic heterocycles. The zero-order valence-electron chi connectivity index (χ0n) is 10.7. The molecule has 1 amide bonds. The van der Waals surface area contributed by atoms with Crippen molar-refractivity contribution in [3.8, 4) is 5.88 Å². The van der Waals surface area contributed by atoms with Crippen LogP contribution in [0.15, 0.2) is 18.3 Å². The van der Waals surface area contributed by atoms with Crippen molar-refractivity contribution < 1.29 is 14.3 Å². The number of nitrogens with zero attached hydrogens (tertiary/aromatic N) is 1. The van der Waals surface area contributed by atoms with Crippen LogP contribution in [0, 0.1) is 0 Å². The molecule has 2 atom stereocenters. The minimum atomic E-state index is -0.131. The molecule has 0 saturated carbocycles. The highest BCUT2D eigenvalue weighted by Crippen LogP contribution is 2.16. The van der Waals surface area contributed by atoms with Crippen molar-refractivity contribution in [2.45, 2.75) is 31.9 Å². The van der Waals surface area contributed by atoms with Gasteiger partial charge in [0.25, 0.3) is 5.91 Å². The van der Waals surface area contributed by atoms with Gasteiger partial charge in [0.05, 0.1) is 24.8 Å². The number of aromatic nitrogens is 1. The summed E-state index contributed by atoms with van der Waals surface area (Å²) in [6, 6.07) is 3.39. The van der Waals surface area contributed by atoms with Crippen LogP contribution in [0.2, 0.25) is 0 Å². The monoisotopic (exact) mass is 250 g/mol. The van der Waals surface area contributed by atoms with Gasteiger partial charge in [0.15, 0.2) is 0 Å². The van der Waals surface area contributed by atoms with E-state index in [2.05, 4.69) is 10.3 Å². The first-order valence-corrected chi connectivity index (χ1v) is 6.13. The molecule has 5 nitrogen and oxygen atoms in total. The molecule has 0 bridgehead atoms. The first kappa shape index (κ1) is 12.8. The molecule has 1 aliphatic rings. The maximum atomic E-state index is 12.0. The van der Waals surface area contributed by atoms with Crippen molar-refractivity contribution in [2.75, 3.05) is 13.7 Å². The van der Waals surface area contributed by atoms with Gasteiger partial charge < -0.3 is 14.8 Å². The van der Waals surface area contributed by atoms with E-state index < -0.39 is 0 Å². The average Bonchev–Trinajstić information content (AvgIpc) is 2.92. The Labute approximate surface area is 107 Å². The van der Waals surface area contributed by atoms with Crippen molar-refractivity contribution in [3.63, 3.8) is 0 Å². The van der Waals surface area contributed by atoms with E-state index in [1.807, 2.05) is 6.92 Å². The van der Waals surface area contributed by atoms with Crippen LogP contribution in [0.5, 0.6) is 5.88 Å². The Bertz CT molecular complexity index is 399. The minimum absolute atomic E-state index is 0.0158. The Morgan fingerprint density at radius 3 is 3.00 bits per heavy atom. The molecule has 0 aromatic carbocycles. The van der Waals surface area contributed by atoms with Crippen LogP contribution in [0.3, 0.4) is 0 Å². The lowest BCUT2D eigenvalue weighted by Gasteiger charge is -2.19. The maximum absolute atomic E-state index is 12.0. The van der Waals surface area contributed by atoms with E-state index in [9.17, 15) is 4.79 Å². The van der Waals surface area contributed by atoms with Crippen LogP contribution in [-0.4, -0.2) is 36.8 Å². The van der Waals surface area contributed by atoms with Gasteiger partial charge in [0.2, 0.25) is 5.88 Å². The van der Waals surface area contributed by atoms with E-state index in [0.29, 0.717) is 11.4 Å². The van der Waals surface area contributed by atoms with Gasteiger partial charge in [-0.2, -0.15) is 0 Å². The number of carbonyl (C=O) groups excluding carboxylic acids is 1. The Morgan fingerprint density at radius 1 is 1.61 bits per heavy atom. The molecule has 2 unspecified atom stereocenters. The van der Waals surface area contributed by atoms with Crippen LogP contribution in [0.1, 0.15) is 30.1 Å². The summed E-state index contributed by atoms with van der Waals surface area (Å²) in [6.07, 6.45) is 3.70. The first-order chi connectivity index (χ1) is 8.70. The second-order valence-corrected chi connectivity index (χ2v) is 4.40. The van der Waals surface area contributed by atoms with Crippen LogP contribution in [0.4, 0.5) is 0 Å². The third-order valence-electron chi connectivity index (χ3n) is 3.09. The topological polar surface area (TPSA) is 60.5 Å². The summed E-state index contributed by atoms with van der Waals surface area (Å²) in [6.45, 7) is 2.75. The van der Waals surface area contributed by atoms with Gasteiger partial charge in [-0.3, -0.25) is 4.79 Å². The standard InChI is InChI=1S/C13H18N2O3/c1-9(11-4-3-7-18-11)15-13(16)10-5-6-12(17-2)14-8-10/h5-6,8-9,11H,3-4,7H2,1-2H3,(H,15,16). The largest absolute Gasteiger partial charge is 0.481 e. The lowest BCUT2D eigenvalue weighted by Crippen LogP contribution is -2.40. The summed E-state index contributed by atoms with van der Waals surface area (Å²) in [7, 11) is 1.54. The van der Waals surface area contributed by atoms with E-state index >= 15 is 0 Å². The molecule has 0 aliphatic carbocycles. The number of hydrogen-bond donors (Lipinski definition) is 1. The molecule has 1 saturated heterocycles. The maximum Gasteiger partial charge on any atom is 0.253 e. The molecule has 1 fully saturated rings. The predicted octanol–water partition coefficient (Wildman–Crippen LogP) is 1.39. The SMILES string of the molecule is COc1ccc(C(=O)NC(C)C2CCCO2)cn1. The fourth-order valence-corrected chi connectivity index (χ4v) is 2.02. The lowest BCUT2D eigenvalue weighted by atomic mass is 10.1. The number of nitrogens with one attached hydrogen (secondary N) is 1. The van der Waals surface area contributed by atoms with Crippen LogP contribution in [-0.2, 0) is 4.74 Å². The molecule has 0 spiro atoms.